The lowest BCUT2D eigenvalue weighted by molar-refractivity contribution is -0.161. The van der Waals surface area contributed by atoms with Gasteiger partial charge >= 0.3 is 5.97 Å². The molecule has 2 aromatic rings. The van der Waals surface area contributed by atoms with Crippen LogP contribution in [0, 0.1) is 0 Å². The molecule has 0 aliphatic carbocycles. The highest BCUT2D eigenvalue weighted by atomic mass is 79.9. The van der Waals surface area contributed by atoms with E-state index in [0.717, 1.165) is 15.4 Å². The smallest absolute Gasteiger partial charge is 0.339 e. The molecule has 1 atom stereocenters. The highest BCUT2D eigenvalue weighted by Gasteiger charge is 2.32. The molecule has 0 spiro atoms. The monoisotopic (exact) mass is 311 g/mol. The Bertz CT molecular complexity index is 589. The minimum Gasteiger partial charge on any atom is -0.467 e. The quantitative estimate of drug-likeness (QED) is 0.885. The lowest BCUT2D eigenvalue weighted by atomic mass is 10.1. The van der Waals surface area contributed by atoms with Gasteiger partial charge in [0.05, 0.1) is 13.7 Å². The van der Waals surface area contributed by atoms with Crippen molar-refractivity contribution in [3.8, 4) is 0 Å². The van der Waals surface area contributed by atoms with Gasteiger partial charge in [-0.2, -0.15) is 0 Å². The van der Waals surface area contributed by atoms with Crippen LogP contribution in [0.5, 0.6) is 0 Å². The number of ether oxygens (including phenoxy) is 1. The molecule has 0 saturated carbocycles. The second kappa shape index (κ2) is 4.74. The van der Waals surface area contributed by atoms with Gasteiger partial charge in [0.1, 0.15) is 0 Å². The third-order valence-corrected chi connectivity index (χ3v) is 3.48. The summed E-state index contributed by atoms with van der Waals surface area (Å²) < 4.78 is 7.35. The number of carbonyl (C=O) groups excluding carboxylic acids is 1. The summed E-state index contributed by atoms with van der Waals surface area (Å²) in [5, 5.41) is 11.1. The van der Waals surface area contributed by atoms with E-state index in [-0.39, 0.29) is 6.54 Å². The Labute approximate surface area is 113 Å². The van der Waals surface area contributed by atoms with E-state index in [4.69, 9.17) is 0 Å². The number of aromatic nitrogens is 1. The Hall–Kier alpha value is -1.33. The fourth-order valence-electron chi connectivity index (χ4n) is 1.95. The summed E-state index contributed by atoms with van der Waals surface area (Å²) >= 11 is 3.46. The molecule has 4 nitrogen and oxygen atoms in total. The van der Waals surface area contributed by atoms with Gasteiger partial charge in [0.25, 0.3) is 0 Å². The Kier molecular flexibility index (Phi) is 3.45. The molecule has 0 aliphatic heterocycles. The number of nitrogens with zero attached hydrogens (tertiary/aromatic N) is 1. The Morgan fingerprint density at radius 3 is 2.83 bits per heavy atom. The molecule has 18 heavy (non-hydrogen) atoms. The van der Waals surface area contributed by atoms with Crippen molar-refractivity contribution in [3.05, 3.63) is 34.9 Å². The fraction of sp³-hybridized carbons (Fsp3) is 0.308. The van der Waals surface area contributed by atoms with Crippen LogP contribution in [0.1, 0.15) is 6.92 Å². The molecule has 0 aliphatic rings. The number of halogens is 1. The van der Waals surface area contributed by atoms with Crippen LogP contribution in [0.2, 0.25) is 0 Å². The van der Waals surface area contributed by atoms with Crippen molar-refractivity contribution in [2.24, 2.45) is 0 Å². The van der Waals surface area contributed by atoms with Gasteiger partial charge in [-0.1, -0.05) is 18.2 Å². The fourth-order valence-corrected chi connectivity index (χ4v) is 2.53. The molecule has 96 valence electrons. The third kappa shape index (κ3) is 2.28. The summed E-state index contributed by atoms with van der Waals surface area (Å²) in [6, 6.07) is 7.77. The second-order valence-corrected chi connectivity index (χ2v) is 5.24. The minimum atomic E-state index is -1.55. The molecule has 1 unspecified atom stereocenters. The van der Waals surface area contributed by atoms with Crippen LogP contribution in [0.3, 0.4) is 0 Å². The SMILES string of the molecule is COC(=O)C(C)(O)Cn1cc(Br)c2ccccc21. The number of rotatable bonds is 3. The Morgan fingerprint density at radius 1 is 1.50 bits per heavy atom. The number of esters is 1. The summed E-state index contributed by atoms with van der Waals surface area (Å²) in [6.07, 6.45) is 1.85. The molecule has 1 aromatic heterocycles. The van der Waals surface area contributed by atoms with Crippen LogP contribution in [-0.2, 0) is 16.1 Å². The molecular weight excluding hydrogens is 298 g/mol. The van der Waals surface area contributed by atoms with Crippen LogP contribution in [0.25, 0.3) is 10.9 Å². The first kappa shape index (κ1) is 13.1. The first-order valence-electron chi connectivity index (χ1n) is 5.50. The molecule has 0 saturated heterocycles. The topological polar surface area (TPSA) is 51.5 Å². The van der Waals surface area contributed by atoms with Crippen molar-refractivity contribution in [2.45, 2.75) is 19.1 Å². The number of para-hydroxylation sites is 1. The van der Waals surface area contributed by atoms with Crippen LogP contribution < -0.4 is 0 Å². The zero-order valence-corrected chi connectivity index (χ0v) is 11.8. The van der Waals surface area contributed by atoms with Gasteiger partial charge in [-0.05, 0) is 28.9 Å². The first-order chi connectivity index (χ1) is 8.45. The number of carbonyl (C=O) groups is 1. The van der Waals surface area contributed by atoms with E-state index in [1.54, 1.807) is 0 Å². The van der Waals surface area contributed by atoms with Gasteiger partial charge in [0.15, 0.2) is 5.60 Å². The van der Waals surface area contributed by atoms with Crippen LogP contribution in [0.15, 0.2) is 34.9 Å². The number of hydrogen-bond acceptors (Lipinski definition) is 3. The summed E-state index contributed by atoms with van der Waals surface area (Å²) in [6.45, 7) is 1.59. The van der Waals surface area contributed by atoms with Gasteiger partial charge in [-0.3, -0.25) is 0 Å². The second-order valence-electron chi connectivity index (χ2n) is 4.39. The standard InChI is InChI=1S/C13H14BrNO3/c1-13(17,12(16)18-2)8-15-7-10(14)9-5-3-4-6-11(9)15/h3-7,17H,8H2,1-2H3. The maximum atomic E-state index is 11.5. The van der Waals surface area contributed by atoms with Crippen molar-refractivity contribution >= 4 is 32.8 Å². The zero-order valence-electron chi connectivity index (χ0n) is 10.2. The third-order valence-electron chi connectivity index (χ3n) is 2.84. The summed E-state index contributed by atoms with van der Waals surface area (Å²) in [5.41, 5.74) is -0.593. The maximum absolute atomic E-state index is 11.5. The summed E-state index contributed by atoms with van der Waals surface area (Å²) in [7, 11) is 1.26. The maximum Gasteiger partial charge on any atom is 0.339 e. The van der Waals surface area contributed by atoms with Gasteiger partial charge in [0.2, 0.25) is 0 Å². The number of aliphatic hydroxyl groups is 1. The summed E-state index contributed by atoms with van der Waals surface area (Å²) in [4.78, 5) is 11.5. The van der Waals surface area contributed by atoms with Gasteiger partial charge in [-0.25, -0.2) is 4.79 Å². The molecule has 1 heterocycles. The lowest BCUT2D eigenvalue weighted by Gasteiger charge is -2.21. The number of benzene rings is 1. The highest BCUT2D eigenvalue weighted by molar-refractivity contribution is 9.10. The van der Waals surface area contributed by atoms with Crippen molar-refractivity contribution in [2.75, 3.05) is 7.11 Å². The Balaban J connectivity index is 2.41. The van der Waals surface area contributed by atoms with E-state index in [0.29, 0.717) is 0 Å². The largest absolute Gasteiger partial charge is 0.467 e. The predicted molar refractivity (Wildman–Crippen MR) is 72.3 cm³/mol. The van der Waals surface area contributed by atoms with E-state index in [1.807, 2.05) is 35.0 Å². The number of methoxy groups -OCH3 is 1. The average molecular weight is 312 g/mol. The molecular formula is C13H14BrNO3. The van der Waals surface area contributed by atoms with E-state index in [9.17, 15) is 9.90 Å². The minimum absolute atomic E-state index is 0.145. The van der Waals surface area contributed by atoms with Gasteiger partial charge < -0.3 is 14.4 Å². The van der Waals surface area contributed by atoms with E-state index < -0.39 is 11.6 Å². The Morgan fingerprint density at radius 2 is 2.17 bits per heavy atom. The van der Waals surface area contributed by atoms with Crippen molar-refractivity contribution in [1.29, 1.82) is 0 Å². The normalized spacial score (nSPS) is 14.4. The van der Waals surface area contributed by atoms with Crippen molar-refractivity contribution < 1.29 is 14.6 Å². The van der Waals surface area contributed by atoms with Crippen molar-refractivity contribution in [3.63, 3.8) is 0 Å². The molecule has 0 fully saturated rings. The average Bonchev–Trinajstić information content (AvgIpc) is 2.65. The van der Waals surface area contributed by atoms with Crippen LogP contribution >= 0.6 is 15.9 Å². The zero-order chi connectivity index (χ0) is 13.3. The van der Waals surface area contributed by atoms with Crippen molar-refractivity contribution in [1.82, 2.24) is 4.57 Å². The molecule has 2 rings (SSSR count). The molecule has 0 amide bonds. The van der Waals surface area contributed by atoms with Crippen LogP contribution in [0.4, 0.5) is 0 Å². The lowest BCUT2D eigenvalue weighted by Crippen LogP contribution is -2.40. The van der Waals surface area contributed by atoms with Gasteiger partial charge in [-0.15, -0.1) is 0 Å². The van der Waals surface area contributed by atoms with E-state index in [2.05, 4.69) is 20.7 Å². The first-order valence-corrected chi connectivity index (χ1v) is 6.29. The molecule has 1 N–H and O–H groups in total. The van der Waals surface area contributed by atoms with E-state index in [1.165, 1.54) is 14.0 Å². The van der Waals surface area contributed by atoms with E-state index >= 15 is 0 Å². The van der Waals surface area contributed by atoms with Gasteiger partial charge in [0, 0.05) is 21.6 Å². The predicted octanol–water partition coefficient (Wildman–Crippen LogP) is 2.33. The number of fused-ring (bicyclic) bond motifs is 1. The highest BCUT2D eigenvalue weighted by Crippen LogP contribution is 2.27. The molecule has 1 aromatic carbocycles. The summed E-state index contributed by atoms with van der Waals surface area (Å²) in [5.74, 6) is -0.642. The van der Waals surface area contributed by atoms with Crippen LogP contribution in [-0.4, -0.2) is 28.4 Å². The molecule has 0 radical (unpaired) electrons. The number of hydrogen-bond donors (Lipinski definition) is 1. The molecule has 0 bridgehead atoms. The molecule has 5 heteroatoms.